The minimum atomic E-state index is -0.654. The Hall–Kier alpha value is -0.600. The maximum atomic E-state index is 6.35. The summed E-state index contributed by atoms with van der Waals surface area (Å²) in [4.78, 5) is 4.12. The first-order valence-electron chi connectivity index (χ1n) is 5.25. The Bertz CT molecular complexity index is 287. The number of hydrogen-bond acceptors (Lipinski definition) is 2. The van der Waals surface area contributed by atoms with Crippen molar-refractivity contribution < 1.29 is 4.74 Å². The molecule has 0 aliphatic rings. The number of halogens is 1. The predicted molar refractivity (Wildman–Crippen MR) is 63.2 cm³/mol. The predicted octanol–water partition coefficient (Wildman–Crippen LogP) is 3.57. The molecule has 0 N–H and O–H groups in total. The summed E-state index contributed by atoms with van der Waals surface area (Å²) in [5.41, 5.74) is 1.14. The maximum Gasteiger partial charge on any atom is 0.145 e. The van der Waals surface area contributed by atoms with E-state index in [-0.39, 0.29) is 5.92 Å². The first-order chi connectivity index (χ1) is 7.11. The van der Waals surface area contributed by atoms with Crippen molar-refractivity contribution in [2.75, 3.05) is 7.11 Å². The summed E-state index contributed by atoms with van der Waals surface area (Å²) in [5, 5.41) is -0.654. The van der Waals surface area contributed by atoms with Crippen molar-refractivity contribution in [2.45, 2.75) is 37.7 Å². The molecular formula is C12H18ClNO. The van der Waals surface area contributed by atoms with E-state index in [1.807, 2.05) is 25.3 Å². The fourth-order valence-corrected chi connectivity index (χ4v) is 1.97. The van der Waals surface area contributed by atoms with E-state index in [0.29, 0.717) is 0 Å². The van der Waals surface area contributed by atoms with Gasteiger partial charge in [0.2, 0.25) is 0 Å². The van der Waals surface area contributed by atoms with Crippen LogP contribution in [-0.4, -0.2) is 17.2 Å². The fourth-order valence-electron chi connectivity index (χ4n) is 1.74. The Morgan fingerprint density at radius 2 is 2.33 bits per heavy atom. The molecule has 2 nitrogen and oxygen atoms in total. The van der Waals surface area contributed by atoms with E-state index in [1.54, 1.807) is 13.3 Å². The van der Waals surface area contributed by atoms with Gasteiger partial charge in [0.15, 0.2) is 0 Å². The Kier molecular flexibility index (Phi) is 4.55. The number of nitrogens with zero attached hydrogens (tertiary/aromatic N) is 1. The highest BCUT2D eigenvalue weighted by Crippen LogP contribution is 2.37. The average molecular weight is 228 g/mol. The number of rotatable bonds is 5. The molecule has 84 valence electrons. The molecule has 0 amide bonds. The van der Waals surface area contributed by atoms with Gasteiger partial charge in [-0.1, -0.05) is 31.0 Å². The van der Waals surface area contributed by atoms with Crippen LogP contribution in [0.2, 0.25) is 0 Å². The monoisotopic (exact) mass is 227 g/mol. The molecule has 1 aromatic rings. The first kappa shape index (κ1) is 12.5. The van der Waals surface area contributed by atoms with Crippen LogP contribution in [0.1, 0.15) is 38.2 Å². The van der Waals surface area contributed by atoms with E-state index < -0.39 is 5.06 Å². The van der Waals surface area contributed by atoms with Crippen LogP contribution in [0.5, 0.6) is 0 Å². The summed E-state index contributed by atoms with van der Waals surface area (Å²) in [6.07, 6.45) is 5.70. The van der Waals surface area contributed by atoms with Gasteiger partial charge in [0.05, 0.1) is 0 Å². The number of aromatic nitrogens is 1. The highest BCUT2D eigenvalue weighted by molar-refractivity contribution is 6.23. The minimum absolute atomic E-state index is 0.183. The molecule has 0 fully saturated rings. The number of hydrogen-bond donors (Lipinski definition) is 0. The van der Waals surface area contributed by atoms with Crippen LogP contribution in [0.15, 0.2) is 24.5 Å². The molecule has 1 rings (SSSR count). The van der Waals surface area contributed by atoms with E-state index in [2.05, 4.69) is 11.9 Å². The molecule has 0 radical (unpaired) electrons. The average Bonchev–Trinajstić information content (AvgIpc) is 2.27. The lowest BCUT2D eigenvalue weighted by Gasteiger charge is -2.30. The van der Waals surface area contributed by atoms with Crippen molar-refractivity contribution in [3.05, 3.63) is 30.1 Å². The second-order valence-electron chi connectivity index (χ2n) is 3.82. The number of alkyl halides is 1. The Morgan fingerprint density at radius 3 is 2.80 bits per heavy atom. The molecule has 0 saturated heterocycles. The summed E-state index contributed by atoms with van der Waals surface area (Å²) >= 11 is 6.35. The van der Waals surface area contributed by atoms with Crippen LogP contribution in [0, 0.1) is 0 Å². The molecular weight excluding hydrogens is 210 g/mol. The van der Waals surface area contributed by atoms with E-state index in [1.165, 1.54) is 0 Å². The van der Waals surface area contributed by atoms with Gasteiger partial charge < -0.3 is 4.74 Å². The molecule has 15 heavy (non-hydrogen) atoms. The summed E-state index contributed by atoms with van der Waals surface area (Å²) in [5.74, 6) is 0.183. The molecule has 2 unspecified atom stereocenters. The van der Waals surface area contributed by atoms with Gasteiger partial charge in [-0.05, 0) is 25.0 Å². The molecule has 0 aromatic carbocycles. The third kappa shape index (κ3) is 3.18. The molecule has 1 heterocycles. The fraction of sp³-hybridized carbons (Fsp3) is 0.583. The van der Waals surface area contributed by atoms with Gasteiger partial charge in [-0.3, -0.25) is 4.98 Å². The van der Waals surface area contributed by atoms with Crippen molar-refractivity contribution in [3.63, 3.8) is 0 Å². The van der Waals surface area contributed by atoms with E-state index in [9.17, 15) is 0 Å². The largest absolute Gasteiger partial charge is 0.363 e. The van der Waals surface area contributed by atoms with Gasteiger partial charge in [-0.2, -0.15) is 0 Å². The van der Waals surface area contributed by atoms with Gasteiger partial charge in [0, 0.05) is 25.4 Å². The lowest BCUT2D eigenvalue weighted by atomic mass is 9.90. The second kappa shape index (κ2) is 5.47. The van der Waals surface area contributed by atoms with Crippen molar-refractivity contribution in [2.24, 2.45) is 0 Å². The van der Waals surface area contributed by atoms with Crippen LogP contribution < -0.4 is 0 Å². The van der Waals surface area contributed by atoms with Gasteiger partial charge in [-0.25, -0.2) is 0 Å². The van der Waals surface area contributed by atoms with Crippen LogP contribution >= 0.6 is 11.6 Å². The summed E-state index contributed by atoms with van der Waals surface area (Å²) in [7, 11) is 1.64. The molecule has 0 saturated carbocycles. The van der Waals surface area contributed by atoms with E-state index in [4.69, 9.17) is 16.3 Å². The van der Waals surface area contributed by atoms with Gasteiger partial charge >= 0.3 is 0 Å². The zero-order valence-electron chi connectivity index (χ0n) is 9.53. The molecule has 0 spiro atoms. The zero-order valence-corrected chi connectivity index (χ0v) is 10.3. The van der Waals surface area contributed by atoms with E-state index in [0.717, 1.165) is 18.4 Å². The Labute approximate surface area is 96.6 Å². The number of ether oxygens (including phenoxy) is 1. The maximum absolute atomic E-state index is 6.35. The molecule has 2 atom stereocenters. The minimum Gasteiger partial charge on any atom is -0.363 e. The normalized spacial score (nSPS) is 17.1. The third-order valence-corrected chi connectivity index (χ3v) is 3.10. The highest BCUT2D eigenvalue weighted by atomic mass is 35.5. The van der Waals surface area contributed by atoms with Crippen molar-refractivity contribution in [1.29, 1.82) is 0 Å². The highest BCUT2D eigenvalue weighted by Gasteiger charge is 2.32. The Balaban J connectivity index is 2.93. The van der Waals surface area contributed by atoms with Crippen molar-refractivity contribution in [1.82, 2.24) is 4.98 Å². The van der Waals surface area contributed by atoms with E-state index >= 15 is 0 Å². The van der Waals surface area contributed by atoms with Crippen LogP contribution in [0.25, 0.3) is 0 Å². The van der Waals surface area contributed by atoms with Crippen molar-refractivity contribution >= 4 is 11.6 Å². The summed E-state index contributed by atoms with van der Waals surface area (Å²) in [6, 6.07) is 3.98. The third-order valence-electron chi connectivity index (χ3n) is 2.69. The van der Waals surface area contributed by atoms with Crippen LogP contribution in [-0.2, 0) is 4.74 Å². The topological polar surface area (TPSA) is 22.1 Å². The second-order valence-corrected chi connectivity index (χ2v) is 4.57. The quantitative estimate of drug-likeness (QED) is 0.718. The smallest absolute Gasteiger partial charge is 0.145 e. The van der Waals surface area contributed by atoms with Crippen LogP contribution in [0.3, 0.4) is 0 Å². The SMILES string of the molecule is CCCC(c1cccnc1)C(C)(Cl)OC. The molecule has 0 aliphatic carbocycles. The van der Waals surface area contributed by atoms with Crippen LogP contribution in [0.4, 0.5) is 0 Å². The van der Waals surface area contributed by atoms with Gasteiger partial charge in [0.1, 0.15) is 5.06 Å². The lowest BCUT2D eigenvalue weighted by molar-refractivity contribution is 0.0524. The summed E-state index contributed by atoms with van der Waals surface area (Å²) < 4.78 is 5.34. The summed E-state index contributed by atoms with van der Waals surface area (Å²) in [6.45, 7) is 4.05. The Morgan fingerprint density at radius 1 is 1.60 bits per heavy atom. The number of pyridine rings is 1. The first-order valence-corrected chi connectivity index (χ1v) is 5.63. The number of methoxy groups -OCH3 is 1. The lowest BCUT2D eigenvalue weighted by Crippen LogP contribution is -2.28. The molecule has 0 bridgehead atoms. The van der Waals surface area contributed by atoms with Crippen molar-refractivity contribution in [3.8, 4) is 0 Å². The molecule has 3 heteroatoms. The standard InChI is InChI=1S/C12H18ClNO/c1-4-6-11(12(2,13)15-3)10-7-5-8-14-9-10/h5,7-9,11H,4,6H2,1-3H3. The van der Waals surface area contributed by atoms with Gasteiger partial charge in [0.25, 0.3) is 0 Å². The zero-order chi connectivity index (χ0) is 11.3. The van der Waals surface area contributed by atoms with Gasteiger partial charge in [-0.15, -0.1) is 0 Å². The molecule has 1 aromatic heterocycles. The molecule has 0 aliphatic heterocycles.